The summed E-state index contributed by atoms with van der Waals surface area (Å²) in [5.41, 5.74) is 5.34. The van der Waals surface area contributed by atoms with Crippen LogP contribution in [-0.2, 0) is 32.7 Å². The fourth-order valence-electron chi connectivity index (χ4n) is 5.28. The van der Waals surface area contributed by atoms with Crippen LogP contribution in [0.15, 0.2) is 97.2 Å². The summed E-state index contributed by atoms with van der Waals surface area (Å²) in [5, 5.41) is 0. The van der Waals surface area contributed by atoms with E-state index in [1.807, 2.05) is 12.2 Å². The maximum Gasteiger partial charge on any atom is 0.472 e. The number of hydrogen-bond acceptors (Lipinski definition) is 8. The molecule has 9 nitrogen and oxygen atoms in total. The Kier molecular flexibility index (Phi) is 40.2. The van der Waals surface area contributed by atoms with Crippen molar-refractivity contribution in [1.82, 2.24) is 0 Å². The number of esters is 2. The lowest BCUT2D eigenvalue weighted by atomic mass is 10.1. The molecular formula is C47H78NO8P. The summed E-state index contributed by atoms with van der Waals surface area (Å²) in [7, 11) is -4.41. The van der Waals surface area contributed by atoms with Gasteiger partial charge < -0.3 is 20.1 Å². The van der Waals surface area contributed by atoms with E-state index in [4.69, 9.17) is 24.3 Å². The molecule has 3 N–H and O–H groups in total. The van der Waals surface area contributed by atoms with Gasteiger partial charge in [-0.25, -0.2) is 4.57 Å². The first-order valence-electron chi connectivity index (χ1n) is 21.7. The molecule has 0 heterocycles. The van der Waals surface area contributed by atoms with Gasteiger partial charge in [-0.05, 0) is 83.5 Å². The van der Waals surface area contributed by atoms with Gasteiger partial charge in [-0.15, -0.1) is 0 Å². The Morgan fingerprint density at radius 3 is 1.51 bits per heavy atom. The van der Waals surface area contributed by atoms with E-state index in [-0.39, 0.29) is 32.6 Å². The maximum absolute atomic E-state index is 12.6. The Morgan fingerprint density at radius 1 is 0.544 bits per heavy atom. The standard InChI is InChI=1S/C47H78NO8P/c1-3-5-7-9-11-13-15-17-19-21-22-24-26-28-30-32-34-36-38-40-47(50)56-45(44-55-57(51,52)54-42-41-48)43-53-46(49)39-37-35-33-31-29-27-25-23-20-18-16-14-12-10-8-6-4-2/h5,7,11-14,17-20,22,24,28,30,34,36,45H,3-4,6,8-10,15-16,21,23,25-27,29,31-33,35,37-44,48H2,1-2H3,(H,51,52)/b7-5+,13-11+,14-12+,19-17+,20-18+,24-22+,30-28+,36-34+/t45-/m1/s1. The third-order valence-electron chi connectivity index (χ3n) is 8.47. The van der Waals surface area contributed by atoms with Gasteiger partial charge in [-0.2, -0.15) is 0 Å². The van der Waals surface area contributed by atoms with Gasteiger partial charge in [0.25, 0.3) is 0 Å². The van der Waals surface area contributed by atoms with Crippen LogP contribution in [0.2, 0.25) is 0 Å². The fraction of sp³-hybridized carbons (Fsp3) is 0.617. The number of carbonyl (C=O) groups is 2. The van der Waals surface area contributed by atoms with Crippen molar-refractivity contribution in [2.24, 2.45) is 5.73 Å². The van der Waals surface area contributed by atoms with Crippen molar-refractivity contribution in [2.75, 3.05) is 26.4 Å². The van der Waals surface area contributed by atoms with Crippen LogP contribution in [0.1, 0.15) is 155 Å². The van der Waals surface area contributed by atoms with Crippen LogP contribution < -0.4 is 5.73 Å². The first-order valence-corrected chi connectivity index (χ1v) is 23.2. The lowest BCUT2D eigenvalue weighted by Gasteiger charge is -2.19. The lowest BCUT2D eigenvalue weighted by Crippen LogP contribution is -2.29. The number of nitrogens with two attached hydrogens (primary N) is 1. The average Bonchev–Trinajstić information content (AvgIpc) is 3.20. The van der Waals surface area contributed by atoms with E-state index in [9.17, 15) is 19.0 Å². The molecule has 1 unspecified atom stereocenters. The fourth-order valence-corrected chi connectivity index (χ4v) is 6.04. The van der Waals surface area contributed by atoms with Crippen LogP contribution in [-0.4, -0.2) is 49.3 Å². The summed E-state index contributed by atoms with van der Waals surface area (Å²) >= 11 is 0. The number of hydrogen-bond donors (Lipinski definition) is 2. The molecule has 0 aliphatic rings. The predicted octanol–water partition coefficient (Wildman–Crippen LogP) is 12.6. The minimum Gasteiger partial charge on any atom is -0.462 e. The molecule has 0 saturated carbocycles. The number of unbranched alkanes of at least 4 members (excludes halogenated alkanes) is 10. The zero-order valence-corrected chi connectivity index (χ0v) is 36.4. The third kappa shape index (κ3) is 42.4. The predicted molar refractivity (Wildman–Crippen MR) is 238 cm³/mol. The first kappa shape index (κ1) is 53.9. The molecule has 2 atom stereocenters. The monoisotopic (exact) mass is 816 g/mol. The Bertz CT molecular complexity index is 1250. The van der Waals surface area contributed by atoms with Crippen LogP contribution >= 0.6 is 7.82 Å². The highest BCUT2D eigenvalue weighted by Gasteiger charge is 2.25. The summed E-state index contributed by atoms with van der Waals surface area (Å²) in [6.45, 7) is 3.47. The summed E-state index contributed by atoms with van der Waals surface area (Å²) in [4.78, 5) is 34.8. The van der Waals surface area contributed by atoms with Crippen molar-refractivity contribution < 1.29 is 37.6 Å². The molecule has 0 amide bonds. The minimum atomic E-state index is -4.41. The Labute approximate surface area is 346 Å². The number of allylic oxidation sites excluding steroid dienone is 16. The molecule has 0 rings (SSSR count). The molecule has 0 aromatic rings. The van der Waals surface area contributed by atoms with Crippen molar-refractivity contribution in [2.45, 2.75) is 161 Å². The topological polar surface area (TPSA) is 134 Å². The Morgan fingerprint density at radius 2 is 1.00 bits per heavy atom. The average molecular weight is 816 g/mol. The second-order valence-electron chi connectivity index (χ2n) is 13.8. The lowest BCUT2D eigenvalue weighted by molar-refractivity contribution is -0.161. The van der Waals surface area contributed by atoms with E-state index in [1.54, 1.807) is 0 Å². The highest BCUT2D eigenvalue weighted by Crippen LogP contribution is 2.43. The second-order valence-corrected chi connectivity index (χ2v) is 15.3. The smallest absolute Gasteiger partial charge is 0.462 e. The molecule has 0 aliphatic heterocycles. The Balaban J connectivity index is 4.32. The van der Waals surface area contributed by atoms with E-state index < -0.39 is 32.5 Å². The molecular weight excluding hydrogens is 737 g/mol. The largest absolute Gasteiger partial charge is 0.472 e. The van der Waals surface area contributed by atoms with Crippen LogP contribution in [0.25, 0.3) is 0 Å². The van der Waals surface area contributed by atoms with Gasteiger partial charge in [0.05, 0.1) is 13.2 Å². The second kappa shape index (κ2) is 42.5. The van der Waals surface area contributed by atoms with Gasteiger partial charge in [-0.1, -0.05) is 156 Å². The van der Waals surface area contributed by atoms with Crippen LogP contribution in [0.5, 0.6) is 0 Å². The normalized spacial score (nSPS) is 14.2. The molecule has 0 radical (unpaired) electrons. The maximum atomic E-state index is 12.6. The van der Waals surface area contributed by atoms with E-state index in [1.165, 1.54) is 44.9 Å². The van der Waals surface area contributed by atoms with Crippen molar-refractivity contribution in [3.63, 3.8) is 0 Å². The number of ether oxygens (including phenoxy) is 2. The summed E-state index contributed by atoms with van der Waals surface area (Å²) in [5.74, 6) is -0.945. The van der Waals surface area contributed by atoms with Crippen LogP contribution in [0.3, 0.4) is 0 Å². The third-order valence-corrected chi connectivity index (χ3v) is 9.45. The van der Waals surface area contributed by atoms with Gasteiger partial charge in [0.15, 0.2) is 6.10 Å². The zero-order chi connectivity index (χ0) is 41.8. The Hall–Kier alpha value is -3.07. The van der Waals surface area contributed by atoms with E-state index in [2.05, 4.69) is 98.9 Å². The van der Waals surface area contributed by atoms with E-state index >= 15 is 0 Å². The highest BCUT2D eigenvalue weighted by atomic mass is 31.2. The molecule has 57 heavy (non-hydrogen) atoms. The molecule has 0 aromatic carbocycles. The number of carbonyl (C=O) groups excluding carboxylic acids is 2. The summed E-state index contributed by atoms with van der Waals surface area (Å²) in [6, 6.07) is 0. The minimum absolute atomic E-state index is 0.0354. The molecule has 0 fully saturated rings. The van der Waals surface area contributed by atoms with Gasteiger partial charge >= 0.3 is 19.8 Å². The SMILES string of the molecule is CC/C=C/C/C=C/C/C=C/C/C=C/C/C=C/C/C=C/CCC(=O)O[C@H](COC(=O)CCCCCCCCC/C=C/C/C=C/CCCCC)COP(=O)(O)OCCN. The molecule has 0 saturated heterocycles. The van der Waals surface area contributed by atoms with Crippen molar-refractivity contribution >= 4 is 19.8 Å². The summed E-state index contributed by atoms with van der Waals surface area (Å²) in [6.07, 6.45) is 54.5. The van der Waals surface area contributed by atoms with Crippen molar-refractivity contribution in [3.8, 4) is 0 Å². The quantitative estimate of drug-likeness (QED) is 0.0269. The summed E-state index contributed by atoms with van der Waals surface area (Å²) < 4.78 is 32.7. The van der Waals surface area contributed by atoms with Crippen molar-refractivity contribution in [1.29, 1.82) is 0 Å². The highest BCUT2D eigenvalue weighted by molar-refractivity contribution is 7.47. The zero-order valence-electron chi connectivity index (χ0n) is 35.5. The molecule has 324 valence electrons. The number of phosphoric ester groups is 1. The van der Waals surface area contributed by atoms with E-state index in [0.29, 0.717) is 12.8 Å². The van der Waals surface area contributed by atoms with Crippen molar-refractivity contribution in [3.05, 3.63) is 97.2 Å². The molecule has 0 bridgehead atoms. The van der Waals surface area contributed by atoms with Gasteiger partial charge in [0.1, 0.15) is 6.61 Å². The van der Waals surface area contributed by atoms with Crippen LogP contribution in [0, 0.1) is 0 Å². The number of rotatable bonds is 39. The molecule has 0 spiro atoms. The first-order chi connectivity index (χ1) is 27.8. The van der Waals surface area contributed by atoms with Crippen LogP contribution in [0.4, 0.5) is 0 Å². The molecule has 10 heteroatoms. The van der Waals surface area contributed by atoms with E-state index in [0.717, 1.165) is 70.6 Å². The van der Waals surface area contributed by atoms with Gasteiger partial charge in [0.2, 0.25) is 0 Å². The number of phosphoric acid groups is 1. The van der Waals surface area contributed by atoms with Gasteiger partial charge in [0, 0.05) is 19.4 Å². The molecule has 0 aromatic heterocycles. The van der Waals surface area contributed by atoms with Gasteiger partial charge in [-0.3, -0.25) is 18.6 Å². The molecule has 0 aliphatic carbocycles.